The fourth-order valence-electron chi connectivity index (χ4n) is 7.07. The minimum Gasteiger partial charge on any atom is -0.491 e. The summed E-state index contributed by atoms with van der Waals surface area (Å²) in [6, 6.07) is 20.3. The number of aryl methyl sites for hydroxylation is 3. The van der Waals surface area contributed by atoms with Crippen molar-refractivity contribution in [3.63, 3.8) is 0 Å². The lowest BCUT2D eigenvalue weighted by Gasteiger charge is -2.29. The number of methoxy groups -OCH3 is 1. The number of nitrogens with one attached hydrogen (secondary N) is 2. The van der Waals surface area contributed by atoms with E-state index in [0.717, 1.165) is 59.2 Å². The Hall–Kier alpha value is -5.20. The van der Waals surface area contributed by atoms with Crippen LogP contribution in [0.3, 0.4) is 0 Å². The van der Waals surface area contributed by atoms with Gasteiger partial charge in [0.15, 0.2) is 0 Å². The van der Waals surface area contributed by atoms with Gasteiger partial charge >= 0.3 is 11.9 Å². The Bertz CT molecular complexity index is 2150. The zero-order chi connectivity index (χ0) is 46.4. The Balaban J connectivity index is 1.03. The molecule has 3 aromatic carbocycles. The molecule has 0 aliphatic heterocycles. The first-order valence-corrected chi connectivity index (χ1v) is 22.7. The van der Waals surface area contributed by atoms with E-state index in [1.54, 1.807) is 36.4 Å². The van der Waals surface area contributed by atoms with Gasteiger partial charge in [0.05, 0.1) is 90.9 Å². The lowest BCUT2D eigenvalue weighted by Crippen LogP contribution is -2.23. The smallest absolute Gasteiger partial charge is 0.337 e. The van der Waals surface area contributed by atoms with Crippen molar-refractivity contribution in [2.24, 2.45) is 5.41 Å². The number of ether oxygens (including phenoxy) is 8. The number of esters is 1. The largest absolute Gasteiger partial charge is 0.491 e. The third-order valence-electron chi connectivity index (χ3n) is 10.6. The van der Waals surface area contributed by atoms with Crippen LogP contribution in [0.15, 0.2) is 66.7 Å². The first-order valence-electron chi connectivity index (χ1n) is 21.9. The number of benzene rings is 3. The maximum absolute atomic E-state index is 14.1. The van der Waals surface area contributed by atoms with E-state index >= 15 is 0 Å². The minimum absolute atomic E-state index is 0.0847. The summed E-state index contributed by atoms with van der Waals surface area (Å²) >= 11 is 1.47. The van der Waals surface area contributed by atoms with Crippen molar-refractivity contribution in [3.8, 4) is 5.75 Å². The maximum Gasteiger partial charge on any atom is 0.337 e. The number of fused-ring (bicyclic) bond motifs is 1. The predicted octanol–water partition coefficient (Wildman–Crippen LogP) is 7.21. The van der Waals surface area contributed by atoms with Crippen molar-refractivity contribution in [1.29, 1.82) is 0 Å². The molecule has 15 nitrogen and oxygen atoms in total. The van der Waals surface area contributed by atoms with Crippen molar-refractivity contribution in [2.75, 3.05) is 104 Å². The van der Waals surface area contributed by atoms with Crippen LogP contribution in [0.25, 0.3) is 0 Å². The third-order valence-corrected chi connectivity index (χ3v) is 11.7. The maximum atomic E-state index is 14.1. The molecule has 0 atom stereocenters. The van der Waals surface area contributed by atoms with Crippen LogP contribution < -0.4 is 15.4 Å². The molecule has 0 unspecified atom stereocenters. The molecule has 352 valence electrons. The summed E-state index contributed by atoms with van der Waals surface area (Å²) in [5, 5.41) is 15.2. The Morgan fingerprint density at radius 3 is 1.91 bits per heavy atom. The molecular weight excluding hydrogens is 857 g/mol. The number of carboxylic acid groups (broad SMARTS) is 1. The van der Waals surface area contributed by atoms with Gasteiger partial charge in [0.1, 0.15) is 24.0 Å². The van der Waals surface area contributed by atoms with Crippen molar-refractivity contribution in [1.82, 2.24) is 0 Å². The van der Waals surface area contributed by atoms with E-state index < -0.39 is 5.97 Å². The SMILES string of the molecule is COC(=O)c1ccc(CCc2ccc(NC(=O)c3c(NC(=O)c4cccc(OCCOCCOCCOCCOCCOCCOCC(=O)O)c4)sc4c3CCC(C)(C)C4)cc2C)cc1. The number of carboxylic acids is 1. The van der Waals surface area contributed by atoms with Crippen molar-refractivity contribution in [2.45, 2.75) is 52.9 Å². The molecule has 1 aliphatic carbocycles. The Kier molecular flexibility index (Phi) is 20.9. The second-order valence-electron chi connectivity index (χ2n) is 16.2. The second-order valence-corrected chi connectivity index (χ2v) is 17.3. The average molecular weight is 919 g/mol. The first-order chi connectivity index (χ1) is 31.4. The van der Waals surface area contributed by atoms with E-state index in [-0.39, 0.29) is 43.0 Å². The highest BCUT2D eigenvalue weighted by Crippen LogP contribution is 2.44. The van der Waals surface area contributed by atoms with Gasteiger partial charge in [0.2, 0.25) is 0 Å². The number of hydrogen-bond acceptors (Lipinski definition) is 13. The van der Waals surface area contributed by atoms with Crippen LogP contribution in [0.5, 0.6) is 5.75 Å². The van der Waals surface area contributed by atoms with E-state index in [4.69, 9.17) is 43.0 Å². The normalized spacial score (nSPS) is 12.9. The van der Waals surface area contributed by atoms with Crippen LogP contribution in [0, 0.1) is 12.3 Å². The first kappa shape index (κ1) is 50.8. The molecule has 16 heteroatoms. The fourth-order valence-corrected chi connectivity index (χ4v) is 8.56. The summed E-state index contributed by atoms with van der Waals surface area (Å²) in [4.78, 5) is 51.1. The summed E-state index contributed by atoms with van der Waals surface area (Å²) in [6.45, 7) is 10.5. The molecule has 1 aromatic heterocycles. The summed E-state index contributed by atoms with van der Waals surface area (Å²) in [5.41, 5.74) is 6.51. The molecule has 65 heavy (non-hydrogen) atoms. The average Bonchev–Trinajstić information content (AvgIpc) is 3.63. The molecule has 3 N–H and O–H groups in total. The number of amides is 2. The zero-order valence-electron chi connectivity index (χ0n) is 37.8. The van der Waals surface area contributed by atoms with Gasteiger partial charge in [-0.3, -0.25) is 9.59 Å². The topological polar surface area (TPSA) is 186 Å². The van der Waals surface area contributed by atoms with Crippen molar-refractivity contribution in [3.05, 3.63) is 111 Å². The molecule has 5 rings (SSSR count). The van der Waals surface area contributed by atoms with E-state index in [0.29, 0.717) is 99.2 Å². The van der Waals surface area contributed by atoms with Crippen LogP contribution in [-0.4, -0.2) is 122 Å². The van der Waals surface area contributed by atoms with E-state index in [2.05, 4.69) is 24.5 Å². The van der Waals surface area contributed by atoms with Crippen LogP contribution in [0.4, 0.5) is 10.7 Å². The Labute approximate surface area is 385 Å². The molecule has 1 heterocycles. The Morgan fingerprint density at radius 2 is 1.31 bits per heavy atom. The minimum atomic E-state index is -1.01. The summed E-state index contributed by atoms with van der Waals surface area (Å²) in [7, 11) is 1.37. The molecule has 4 aromatic rings. The molecule has 1 aliphatic rings. The number of hydrogen-bond donors (Lipinski definition) is 3. The number of rotatable bonds is 29. The summed E-state index contributed by atoms with van der Waals surface area (Å²) in [6.07, 6.45) is 4.10. The van der Waals surface area contributed by atoms with Crippen LogP contribution in [-0.2, 0) is 63.6 Å². The third kappa shape index (κ3) is 17.3. The van der Waals surface area contributed by atoms with E-state index in [1.165, 1.54) is 18.4 Å². The summed E-state index contributed by atoms with van der Waals surface area (Å²) in [5.74, 6) is -1.44. The fraction of sp³-hybridized carbons (Fsp3) is 0.469. The van der Waals surface area contributed by atoms with Crippen LogP contribution >= 0.6 is 11.3 Å². The molecule has 0 saturated heterocycles. The van der Waals surface area contributed by atoms with E-state index in [1.807, 2.05) is 37.3 Å². The van der Waals surface area contributed by atoms with Crippen LogP contribution in [0.2, 0.25) is 0 Å². The second kappa shape index (κ2) is 26.7. The lowest BCUT2D eigenvalue weighted by atomic mass is 9.77. The van der Waals surface area contributed by atoms with Gasteiger partial charge in [-0.25, -0.2) is 9.59 Å². The number of aliphatic carboxylic acids is 1. The van der Waals surface area contributed by atoms with Crippen molar-refractivity contribution < 1.29 is 62.2 Å². The predicted molar refractivity (Wildman–Crippen MR) is 247 cm³/mol. The molecule has 0 fully saturated rings. The highest BCUT2D eigenvalue weighted by molar-refractivity contribution is 7.17. The van der Waals surface area contributed by atoms with Gasteiger partial charge in [-0.1, -0.05) is 38.1 Å². The van der Waals surface area contributed by atoms with Gasteiger partial charge in [-0.05, 0) is 109 Å². The van der Waals surface area contributed by atoms with Gasteiger partial charge in [0.25, 0.3) is 11.8 Å². The quantitative estimate of drug-likeness (QED) is 0.0367. The summed E-state index contributed by atoms with van der Waals surface area (Å²) < 4.78 is 42.9. The van der Waals surface area contributed by atoms with Crippen LogP contribution in [0.1, 0.15) is 78.5 Å². The van der Waals surface area contributed by atoms with Gasteiger partial charge in [-0.15, -0.1) is 11.3 Å². The number of carbonyl (C=O) groups excluding carboxylic acids is 3. The molecule has 0 bridgehead atoms. The van der Waals surface area contributed by atoms with Crippen molar-refractivity contribution >= 4 is 45.8 Å². The van der Waals surface area contributed by atoms with E-state index in [9.17, 15) is 19.2 Å². The Morgan fingerprint density at radius 1 is 0.692 bits per heavy atom. The standard InChI is InChI=1S/C49H62N2O13S/c1-34-30-39(15-14-36(34)11-8-35-9-12-37(13-10-35)48(56)57-4)50-46(55)44-41-16-17-49(2,3)32-42(41)65-47(44)51-45(54)38-6-5-7-40(31-38)64-29-28-62-25-24-60-21-20-58-18-19-59-22-23-61-26-27-63-33-43(52)53/h5-7,9-10,12-15,30-31H,8,11,16-29,32-33H2,1-4H3,(H,50,55)(H,51,54)(H,52,53). The van der Waals surface area contributed by atoms with Gasteiger partial charge < -0.3 is 53.6 Å². The van der Waals surface area contributed by atoms with Gasteiger partial charge in [-0.2, -0.15) is 0 Å². The molecule has 0 radical (unpaired) electrons. The zero-order valence-corrected chi connectivity index (χ0v) is 38.6. The highest BCUT2D eigenvalue weighted by Gasteiger charge is 2.33. The molecular formula is C49H62N2O13S. The molecule has 0 spiro atoms. The lowest BCUT2D eigenvalue weighted by molar-refractivity contribution is -0.142. The molecule has 0 saturated carbocycles. The number of carbonyl (C=O) groups is 4. The molecule has 2 amide bonds. The van der Waals surface area contributed by atoms with Gasteiger partial charge in [0, 0.05) is 16.1 Å². The highest BCUT2D eigenvalue weighted by atomic mass is 32.1. The monoisotopic (exact) mass is 918 g/mol. The number of anilines is 2. The number of thiophene rings is 1.